The number of nitrogens with one attached hydrogen (secondary N) is 1. The molecule has 1 aliphatic heterocycles. The van der Waals surface area contributed by atoms with Crippen LogP contribution in [0.15, 0.2) is 28.7 Å². The van der Waals surface area contributed by atoms with Gasteiger partial charge in [0.25, 0.3) is 0 Å². The first-order valence-corrected chi connectivity index (χ1v) is 6.82. The molecule has 4 heteroatoms. The number of carbonyl (C=O) groups excluding carboxylic acids is 1. The summed E-state index contributed by atoms with van der Waals surface area (Å²) in [5, 5.41) is 2.92. The summed E-state index contributed by atoms with van der Waals surface area (Å²) in [6.07, 6.45) is 3.11. The number of halogens is 1. The molecule has 1 heterocycles. The van der Waals surface area contributed by atoms with Crippen molar-refractivity contribution in [3.63, 3.8) is 0 Å². The van der Waals surface area contributed by atoms with Crippen LogP contribution in [0.3, 0.4) is 0 Å². The van der Waals surface area contributed by atoms with Gasteiger partial charge in [-0.3, -0.25) is 4.79 Å². The molecule has 1 N–H and O–H groups in total. The smallest absolute Gasteiger partial charge is 0.225 e. The Bertz CT molecular complexity index is 389. The van der Waals surface area contributed by atoms with Gasteiger partial charge >= 0.3 is 0 Å². The minimum Gasteiger partial charge on any atom is -0.325 e. The van der Waals surface area contributed by atoms with Gasteiger partial charge in [0.05, 0.1) is 5.69 Å². The van der Waals surface area contributed by atoms with Crippen LogP contribution in [-0.2, 0) is 4.79 Å². The lowest BCUT2D eigenvalue weighted by atomic mass is 10.3. The average molecular weight is 297 g/mol. The number of anilines is 1. The third kappa shape index (κ3) is 3.82. The summed E-state index contributed by atoms with van der Waals surface area (Å²) in [5.74, 6) is 0.0869. The molecule has 0 unspecified atom stereocenters. The summed E-state index contributed by atoms with van der Waals surface area (Å²) in [6.45, 7) is 3.15. The Morgan fingerprint density at radius 1 is 1.29 bits per heavy atom. The fourth-order valence-electron chi connectivity index (χ4n) is 2.04. The van der Waals surface area contributed by atoms with Crippen molar-refractivity contribution in [1.82, 2.24) is 4.90 Å². The summed E-state index contributed by atoms with van der Waals surface area (Å²) < 4.78 is 0.925. The average Bonchev–Trinajstić information content (AvgIpc) is 2.82. The van der Waals surface area contributed by atoms with Gasteiger partial charge in [-0.05, 0) is 54.0 Å². The molecule has 0 radical (unpaired) electrons. The molecule has 0 bridgehead atoms. The fourth-order valence-corrected chi connectivity index (χ4v) is 2.43. The van der Waals surface area contributed by atoms with Crippen LogP contribution >= 0.6 is 15.9 Å². The molecule has 1 aliphatic rings. The Labute approximate surface area is 110 Å². The van der Waals surface area contributed by atoms with E-state index in [9.17, 15) is 4.79 Å². The molecule has 1 aromatic carbocycles. The SMILES string of the molecule is O=C(CCN1CCCC1)Nc1ccccc1Br. The molecule has 0 aromatic heterocycles. The maximum Gasteiger partial charge on any atom is 0.225 e. The van der Waals surface area contributed by atoms with E-state index in [0.29, 0.717) is 6.42 Å². The van der Waals surface area contributed by atoms with E-state index in [1.54, 1.807) is 0 Å². The first-order valence-electron chi connectivity index (χ1n) is 6.02. The van der Waals surface area contributed by atoms with Crippen molar-refractivity contribution in [3.8, 4) is 0 Å². The van der Waals surface area contributed by atoms with Gasteiger partial charge < -0.3 is 10.2 Å². The van der Waals surface area contributed by atoms with Crippen LogP contribution in [0.2, 0.25) is 0 Å². The lowest BCUT2D eigenvalue weighted by Gasteiger charge is -2.14. The summed E-state index contributed by atoms with van der Waals surface area (Å²) >= 11 is 3.42. The van der Waals surface area contributed by atoms with Crippen LogP contribution in [0.4, 0.5) is 5.69 Å². The lowest BCUT2D eigenvalue weighted by Crippen LogP contribution is -2.25. The van der Waals surface area contributed by atoms with Crippen molar-refractivity contribution in [2.24, 2.45) is 0 Å². The van der Waals surface area contributed by atoms with E-state index in [2.05, 4.69) is 26.1 Å². The zero-order valence-electron chi connectivity index (χ0n) is 9.79. The van der Waals surface area contributed by atoms with Crippen molar-refractivity contribution >= 4 is 27.5 Å². The van der Waals surface area contributed by atoms with Crippen LogP contribution in [0, 0.1) is 0 Å². The molecule has 1 fully saturated rings. The molecular weight excluding hydrogens is 280 g/mol. The van der Waals surface area contributed by atoms with Crippen molar-refractivity contribution in [1.29, 1.82) is 0 Å². The first kappa shape index (κ1) is 12.6. The highest BCUT2D eigenvalue weighted by atomic mass is 79.9. The van der Waals surface area contributed by atoms with Gasteiger partial charge in [0.1, 0.15) is 0 Å². The number of hydrogen-bond acceptors (Lipinski definition) is 2. The fraction of sp³-hybridized carbons (Fsp3) is 0.462. The molecule has 1 amide bonds. The standard InChI is InChI=1S/C13H17BrN2O/c14-11-5-1-2-6-12(11)15-13(17)7-10-16-8-3-4-9-16/h1-2,5-6H,3-4,7-10H2,(H,15,17). The minimum absolute atomic E-state index is 0.0869. The molecular formula is C13H17BrN2O. The summed E-state index contributed by atoms with van der Waals surface area (Å²) in [6, 6.07) is 7.68. The first-order chi connectivity index (χ1) is 8.25. The Hall–Kier alpha value is -0.870. The molecule has 1 saturated heterocycles. The molecule has 0 atom stereocenters. The molecule has 0 aliphatic carbocycles. The van der Waals surface area contributed by atoms with Gasteiger partial charge in [0.15, 0.2) is 0 Å². The zero-order chi connectivity index (χ0) is 12.1. The van der Waals surface area contributed by atoms with Gasteiger partial charge in [0, 0.05) is 17.4 Å². The van der Waals surface area contributed by atoms with Crippen molar-refractivity contribution < 1.29 is 4.79 Å². The lowest BCUT2D eigenvalue weighted by molar-refractivity contribution is -0.116. The Morgan fingerprint density at radius 3 is 2.71 bits per heavy atom. The van der Waals surface area contributed by atoms with Gasteiger partial charge in [-0.15, -0.1) is 0 Å². The highest BCUT2D eigenvalue weighted by molar-refractivity contribution is 9.10. The molecule has 17 heavy (non-hydrogen) atoms. The Kier molecular flexibility index (Phi) is 4.57. The van der Waals surface area contributed by atoms with Gasteiger partial charge in [-0.25, -0.2) is 0 Å². The van der Waals surface area contributed by atoms with Crippen LogP contribution in [0.1, 0.15) is 19.3 Å². The normalized spacial score (nSPS) is 16.1. The molecule has 92 valence electrons. The second-order valence-electron chi connectivity index (χ2n) is 4.33. The van der Waals surface area contributed by atoms with E-state index in [0.717, 1.165) is 29.8 Å². The quantitative estimate of drug-likeness (QED) is 0.927. The Morgan fingerprint density at radius 2 is 2.00 bits per heavy atom. The Balaban J connectivity index is 1.79. The summed E-state index contributed by atoms with van der Waals surface area (Å²) in [7, 11) is 0. The highest BCUT2D eigenvalue weighted by Crippen LogP contribution is 2.21. The number of likely N-dealkylation sites (tertiary alicyclic amines) is 1. The number of carbonyl (C=O) groups is 1. The van der Waals surface area contributed by atoms with E-state index in [1.807, 2.05) is 24.3 Å². The predicted molar refractivity (Wildman–Crippen MR) is 73.1 cm³/mol. The third-order valence-corrected chi connectivity index (χ3v) is 3.69. The number of amides is 1. The molecule has 0 spiro atoms. The summed E-state index contributed by atoms with van der Waals surface area (Å²) in [5.41, 5.74) is 0.846. The van der Waals surface area contributed by atoms with Crippen LogP contribution < -0.4 is 5.32 Å². The predicted octanol–water partition coefficient (Wildman–Crippen LogP) is 2.87. The van der Waals surface area contributed by atoms with Crippen molar-refractivity contribution in [2.75, 3.05) is 25.0 Å². The molecule has 3 nitrogen and oxygen atoms in total. The van der Waals surface area contributed by atoms with Crippen LogP contribution in [-0.4, -0.2) is 30.4 Å². The van der Waals surface area contributed by atoms with E-state index in [1.165, 1.54) is 12.8 Å². The number of para-hydroxylation sites is 1. The number of nitrogens with zero attached hydrogens (tertiary/aromatic N) is 1. The largest absolute Gasteiger partial charge is 0.325 e. The van der Waals surface area contributed by atoms with Crippen LogP contribution in [0.25, 0.3) is 0 Å². The van der Waals surface area contributed by atoms with Crippen molar-refractivity contribution in [2.45, 2.75) is 19.3 Å². The van der Waals surface area contributed by atoms with Gasteiger partial charge in [-0.1, -0.05) is 12.1 Å². The number of benzene rings is 1. The van der Waals surface area contributed by atoms with E-state index < -0.39 is 0 Å². The van der Waals surface area contributed by atoms with Crippen molar-refractivity contribution in [3.05, 3.63) is 28.7 Å². The van der Waals surface area contributed by atoms with Crippen LogP contribution in [0.5, 0.6) is 0 Å². The van der Waals surface area contributed by atoms with Gasteiger partial charge in [0.2, 0.25) is 5.91 Å². The monoisotopic (exact) mass is 296 g/mol. The topological polar surface area (TPSA) is 32.3 Å². The van der Waals surface area contributed by atoms with E-state index in [-0.39, 0.29) is 5.91 Å². The number of hydrogen-bond donors (Lipinski definition) is 1. The number of rotatable bonds is 4. The molecule has 1 aromatic rings. The maximum absolute atomic E-state index is 11.8. The molecule has 2 rings (SSSR count). The second-order valence-corrected chi connectivity index (χ2v) is 5.18. The van der Waals surface area contributed by atoms with E-state index >= 15 is 0 Å². The van der Waals surface area contributed by atoms with E-state index in [4.69, 9.17) is 0 Å². The maximum atomic E-state index is 11.8. The third-order valence-electron chi connectivity index (χ3n) is 3.00. The highest BCUT2D eigenvalue weighted by Gasteiger charge is 2.13. The molecule has 0 saturated carbocycles. The zero-order valence-corrected chi connectivity index (χ0v) is 11.4. The minimum atomic E-state index is 0.0869. The second kappa shape index (κ2) is 6.17. The van der Waals surface area contributed by atoms with Gasteiger partial charge in [-0.2, -0.15) is 0 Å². The summed E-state index contributed by atoms with van der Waals surface area (Å²) in [4.78, 5) is 14.1.